The van der Waals surface area contributed by atoms with Gasteiger partial charge in [0, 0.05) is 59.4 Å². The van der Waals surface area contributed by atoms with E-state index in [2.05, 4.69) is 0 Å². The first-order chi connectivity index (χ1) is 24.6. The van der Waals surface area contributed by atoms with Crippen molar-refractivity contribution in [1.29, 1.82) is 0 Å². The van der Waals surface area contributed by atoms with Crippen molar-refractivity contribution in [2.24, 2.45) is 0 Å². The fourth-order valence-electron chi connectivity index (χ4n) is 6.53. The largest absolute Gasteiger partial charge is 0.508 e. The van der Waals surface area contributed by atoms with Crippen molar-refractivity contribution in [2.75, 3.05) is 0 Å². The van der Waals surface area contributed by atoms with Gasteiger partial charge in [-0.15, -0.1) is 0 Å². The first-order valence-corrected chi connectivity index (χ1v) is 15.4. The molecule has 16 nitrogen and oxygen atoms in total. The van der Waals surface area contributed by atoms with Crippen LogP contribution in [0, 0.1) is 0 Å². The van der Waals surface area contributed by atoms with Crippen LogP contribution < -0.4 is 14.9 Å². The van der Waals surface area contributed by atoms with Crippen LogP contribution in [0.15, 0.2) is 59.4 Å². The number of rotatable bonds is 4. The summed E-state index contributed by atoms with van der Waals surface area (Å²) in [4.78, 5) is 26.8. The third kappa shape index (κ3) is 5.56. The van der Waals surface area contributed by atoms with E-state index in [-0.39, 0.29) is 63.5 Å². The summed E-state index contributed by atoms with van der Waals surface area (Å²) in [5.74, 6) is -8.22. The van der Waals surface area contributed by atoms with Crippen LogP contribution in [0.5, 0.6) is 69.0 Å². The summed E-state index contributed by atoms with van der Waals surface area (Å²) in [6, 6.07) is 9.16. The summed E-state index contributed by atoms with van der Waals surface area (Å²) >= 11 is 0. The van der Waals surface area contributed by atoms with Crippen LogP contribution in [0.25, 0.3) is 10.8 Å². The van der Waals surface area contributed by atoms with E-state index in [0.717, 1.165) is 42.5 Å². The highest BCUT2D eigenvalue weighted by Gasteiger charge is 2.39. The Morgan fingerprint density at radius 1 is 0.615 bits per heavy atom. The van der Waals surface area contributed by atoms with Crippen LogP contribution in [0.2, 0.25) is 0 Å². The smallest absolute Gasteiger partial charge is 0.338 e. The van der Waals surface area contributed by atoms with Crippen molar-refractivity contribution in [3.63, 3.8) is 0 Å². The topological polar surface area (TPSA) is 284 Å². The molecule has 0 amide bonds. The molecule has 0 fully saturated rings. The predicted molar refractivity (Wildman–Crippen MR) is 176 cm³/mol. The maximum atomic E-state index is 13.5. The maximum Gasteiger partial charge on any atom is 0.338 e. The van der Waals surface area contributed by atoms with Gasteiger partial charge in [-0.1, -0.05) is 0 Å². The van der Waals surface area contributed by atoms with Crippen molar-refractivity contribution in [1.82, 2.24) is 0 Å². The lowest BCUT2D eigenvalue weighted by atomic mass is 9.90. The zero-order valence-corrected chi connectivity index (χ0v) is 26.4. The number of aliphatic hydroxyl groups excluding tert-OH is 1. The highest BCUT2D eigenvalue weighted by Crippen LogP contribution is 2.49. The molecule has 16 heteroatoms. The van der Waals surface area contributed by atoms with Crippen LogP contribution in [0.4, 0.5) is 0 Å². The molecule has 52 heavy (non-hydrogen) atoms. The minimum absolute atomic E-state index is 0.0344. The third-order valence-electron chi connectivity index (χ3n) is 8.98. The minimum Gasteiger partial charge on any atom is -0.508 e. The molecule has 5 aromatic rings. The molecule has 2 aliphatic heterocycles. The number of hydrogen-bond donors (Lipinski definition) is 11. The number of carbonyl (C=O) groups is 1. The number of esters is 1. The van der Waals surface area contributed by atoms with Gasteiger partial charge in [-0.05, 0) is 35.7 Å². The number of aliphatic hydroxyl groups is 1. The van der Waals surface area contributed by atoms with E-state index in [4.69, 9.17) is 14.2 Å². The molecular weight excluding hydrogens is 688 g/mol. The Morgan fingerprint density at radius 3 is 1.79 bits per heavy atom. The second-order valence-corrected chi connectivity index (χ2v) is 12.4. The molecule has 0 bridgehead atoms. The van der Waals surface area contributed by atoms with Gasteiger partial charge in [-0.2, -0.15) is 0 Å². The maximum absolute atomic E-state index is 13.5. The van der Waals surface area contributed by atoms with E-state index in [9.17, 15) is 65.8 Å². The van der Waals surface area contributed by atoms with Crippen LogP contribution >= 0.6 is 0 Å². The molecule has 5 aromatic carbocycles. The third-order valence-corrected chi connectivity index (χ3v) is 8.98. The Kier molecular flexibility index (Phi) is 7.83. The molecule has 0 saturated heterocycles. The summed E-state index contributed by atoms with van der Waals surface area (Å²) in [6.07, 6.45) is -6.29. The van der Waals surface area contributed by atoms with Gasteiger partial charge in [0.2, 0.25) is 5.43 Å². The van der Waals surface area contributed by atoms with E-state index < -0.39 is 92.8 Å². The number of ether oxygens (including phenoxy) is 3. The normalized spacial score (nSPS) is 19.2. The Bertz CT molecular complexity index is 2370. The molecule has 268 valence electrons. The van der Waals surface area contributed by atoms with Crippen LogP contribution in [-0.2, 0) is 17.6 Å². The van der Waals surface area contributed by atoms with E-state index in [0.29, 0.717) is 0 Å². The Balaban J connectivity index is 1.41. The van der Waals surface area contributed by atoms with E-state index in [1.165, 1.54) is 12.1 Å². The number of phenols is 9. The quantitative estimate of drug-likeness (QED) is 0.0940. The highest BCUT2D eigenvalue weighted by molar-refractivity contribution is 5.97. The second kappa shape index (κ2) is 12.1. The monoisotopic (exact) mass is 716 g/mol. The number of phenolic OH excluding ortho intramolecular Hbond substituents is 9. The average Bonchev–Trinajstić information content (AvgIpc) is 3.20. The van der Waals surface area contributed by atoms with Gasteiger partial charge < -0.3 is 70.4 Å². The molecule has 2 aliphatic rings. The molecule has 0 radical (unpaired) electrons. The SMILES string of the molecule is O=C(O[C@H]1Cc2c(O)cc(O)cc2O[C@@H]1c1cc(=O)c(O)c2c(O)c(O)cc([C@H]3Oc4cc(O)cc(O)c4C[C@H]3O)c2c1)c1cc(O)c(O)c(O)c1. The number of aromatic hydroxyl groups is 10. The molecule has 0 unspecified atom stereocenters. The Hall–Kier alpha value is -6.94. The summed E-state index contributed by atoms with van der Waals surface area (Å²) in [7, 11) is 0. The lowest BCUT2D eigenvalue weighted by Gasteiger charge is -2.34. The summed E-state index contributed by atoms with van der Waals surface area (Å²) in [5.41, 5.74) is -1.52. The molecular formula is C36H28O16. The summed E-state index contributed by atoms with van der Waals surface area (Å²) in [6.45, 7) is 0. The fourth-order valence-corrected chi connectivity index (χ4v) is 6.53. The zero-order valence-electron chi connectivity index (χ0n) is 26.4. The lowest BCUT2D eigenvalue weighted by Crippen LogP contribution is -2.35. The number of fused-ring (bicyclic) bond motifs is 3. The van der Waals surface area contributed by atoms with Crippen molar-refractivity contribution < 1.29 is 75.2 Å². The standard InChI is InChI=1S/C36H28O16/c37-14-5-20(39)18-10-26(45)35(51-27(18)7-14)17-9-25(44)33(48)30-16(17)1-12(2-24(43)32(30)47)34-29(11-19-21(40)6-15(38)8-28(19)50-34)52-36(49)13-3-22(41)31(46)23(42)4-13/h1-9,26,29,34-35,37-42,44-46,48H,10-11H2,(H,43,47)/t26-,29+,34-,35-/m1/s1. The number of carbonyl (C=O) groups excluding carboxylic acids is 1. The van der Waals surface area contributed by atoms with Gasteiger partial charge in [-0.25, -0.2) is 4.79 Å². The Morgan fingerprint density at radius 2 is 1.17 bits per heavy atom. The summed E-state index contributed by atoms with van der Waals surface area (Å²) in [5, 5.41) is 114. The van der Waals surface area contributed by atoms with Gasteiger partial charge in [0.25, 0.3) is 0 Å². The van der Waals surface area contributed by atoms with Gasteiger partial charge in [0.15, 0.2) is 46.7 Å². The van der Waals surface area contributed by atoms with Crippen molar-refractivity contribution in [3.8, 4) is 69.0 Å². The minimum atomic E-state index is -1.49. The van der Waals surface area contributed by atoms with Gasteiger partial charge >= 0.3 is 5.97 Å². The number of benzene rings is 4. The summed E-state index contributed by atoms with van der Waals surface area (Å²) < 4.78 is 17.8. The zero-order chi connectivity index (χ0) is 37.3. The second-order valence-electron chi connectivity index (χ2n) is 12.4. The molecule has 7 rings (SSSR count). The number of hydrogen-bond acceptors (Lipinski definition) is 16. The average molecular weight is 717 g/mol. The van der Waals surface area contributed by atoms with Crippen LogP contribution in [-0.4, -0.2) is 74.3 Å². The molecule has 11 N–H and O–H groups in total. The van der Waals surface area contributed by atoms with Gasteiger partial charge in [-0.3, -0.25) is 4.79 Å². The molecule has 4 atom stereocenters. The first-order valence-electron chi connectivity index (χ1n) is 15.4. The van der Waals surface area contributed by atoms with Gasteiger partial charge in [0.05, 0.1) is 17.1 Å². The van der Waals surface area contributed by atoms with E-state index in [1.54, 1.807) is 0 Å². The highest BCUT2D eigenvalue weighted by atomic mass is 16.6. The molecule has 0 aliphatic carbocycles. The van der Waals surface area contributed by atoms with Gasteiger partial charge in [0.1, 0.15) is 40.6 Å². The van der Waals surface area contributed by atoms with Crippen LogP contribution in [0.1, 0.15) is 44.8 Å². The van der Waals surface area contributed by atoms with Crippen LogP contribution in [0.3, 0.4) is 0 Å². The lowest BCUT2D eigenvalue weighted by molar-refractivity contribution is -0.0188. The van der Waals surface area contributed by atoms with Crippen molar-refractivity contribution in [3.05, 3.63) is 92.6 Å². The fraction of sp³-hybridized carbons (Fsp3) is 0.167. The molecule has 0 saturated carbocycles. The van der Waals surface area contributed by atoms with E-state index >= 15 is 0 Å². The first kappa shape index (κ1) is 33.6. The predicted octanol–water partition coefficient (Wildman–Crippen LogP) is 3.19. The van der Waals surface area contributed by atoms with Crippen molar-refractivity contribution in [2.45, 2.75) is 37.3 Å². The molecule has 0 spiro atoms. The molecule has 0 aromatic heterocycles. The van der Waals surface area contributed by atoms with E-state index in [1.807, 2.05) is 0 Å². The van der Waals surface area contributed by atoms with Crippen molar-refractivity contribution >= 4 is 16.7 Å². The molecule has 2 heterocycles. The Labute approximate surface area is 290 Å².